The van der Waals surface area contributed by atoms with E-state index in [-0.39, 0.29) is 0 Å². The molecular formula is C15H13ClN4S. The van der Waals surface area contributed by atoms with E-state index in [2.05, 4.69) is 25.9 Å². The summed E-state index contributed by atoms with van der Waals surface area (Å²) in [6, 6.07) is 4.43. The van der Waals surface area contributed by atoms with Gasteiger partial charge in [0.1, 0.15) is 17.0 Å². The van der Waals surface area contributed by atoms with Crippen LogP contribution in [0.15, 0.2) is 36.2 Å². The number of nitrogens with zero attached hydrogens (tertiary/aromatic N) is 4. The van der Waals surface area contributed by atoms with Crippen LogP contribution in [-0.2, 0) is 0 Å². The second-order valence-corrected chi connectivity index (χ2v) is 6.36. The van der Waals surface area contributed by atoms with Crippen molar-refractivity contribution in [2.45, 2.75) is 18.9 Å². The van der Waals surface area contributed by atoms with E-state index in [1.165, 1.54) is 5.56 Å². The lowest BCUT2D eigenvalue weighted by Gasteiger charge is -2.26. The molecule has 0 spiro atoms. The third-order valence-corrected chi connectivity index (χ3v) is 5.21. The van der Waals surface area contributed by atoms with Crippen molar-refractivity contribution in [1.82, 2.24) is 15.0 Å². The van der Waals surface area contributed by atoms with Gasteiger partial charge >= 0.3 is 0 Å². The Morgan fingerprint density at radius 1 is 1.33 bits per heavy atom. The molecule has 4 nitrogen and oxygen atoms in total. The first-order valence-corrected chi connectivity index (χ1v) is 8.14. The summed E-state index contributed by atoms with van der Waals surface area (Å²) in [5, 5.41) is 3.64. The van der Waals surface area contributed by atoms with Crippen molar-refractivity contribution in [3.8, 4) is 0 Å². The van der Waals surface area contributed by atoms with E-state index < -0.39 is 0 Å². The Kier molecular flexibility index (Phi) is 3.24. The van der Waals surface area contributed by atoms with Gasteiger partial charge in [0.25, 0.3) is 0 Å². The highest BCUT2D eigenvalue weighted by atomic mass is 35.5. The molecule has 0 aliphatic carbocycles. The molecule has 0 aromatic carbocycles. The zero-order valence-electron chi connectivity index (χ0n) is 11.2. The number of aromatic nitrogens is 3. The normalized spacial score (nSPS) is 18.5. The number of hydrogen-bond donors (Lipinski definition) is 0. The SMILES string of the molecule is Clc1csc2ncnc(N3CCCC3c3cccnc3)c12. The molecule has 1 unspecified atom stereocenters. The Morgan fingerprint density at radius 3 is 3.14 bits per heavy atom. The number of fused-ring (bicyclic) bond motifs is 1. The smallest absolute Gasteiger partial charge is 0.142 e. The van der Waals surface area contributed by atoms with Crippen LogP contribution in [0.5, 0.6) is 0 Å². The van der Waals surface area contributed by atoms with Gasteiger partial charge in [0, 0.05) is 24.3 Å². The van der Waals surface area contributed by atoms with Gasteiger partial charge in [0.05, 0.1) is 16.5 Å². The van der Waals surface area contributed by atoms with Crippen LogP contribution in [0.25, 0.3) is 10.2 Å². The minimum atomic E-state index is 0.313. The molecule has 21 heavy (non-hydrogen) atoms. The molecule has 0 radical (unpaired) electrons. The lowest BCUT2D eigenvalue weighted by molar-refractivity contribution is 0.710. The first kappa shape index (κ1) is 13.0. The molecule has 0 bridgehead atoms. The van der Waals surface area contributed by atoms with Gasteiger partial charge in [-0.25, -0.2) is 9.97 Å². The first-order valence-electron chi connectivity index (χ1n) is 6.89. The molecule has 106 valence electrons. The Hall–Kier alpha value is -1.72. The summed E-state index contributed by atoms with van der Waals surface area (Å²) in [4.78, 5) is 16.4. The highest BCUT2D eigenvalue weighted by Gasteiger charge is 2.29. The van der Waals surface area contributed by atoms with E-state index >= 15 is 0 Å². The van der Waals surface area contributed by atoms with Crippen LogP contribution in [0.3, 0.4) is 0 Å². The molecule has 0 N–H and O–H groups in total. The largest absolute Gasteiger partial charge is 0.349 e. The van der Waals surface area contributed by atoms with E-state index in [1.54, 1.807) is 23.9 Å². The molecule has 3 aromatic rings. The number of halogens is 1. The van der Waals surface area contributed by atoms with Crippen LogP contribution >= 0.6 is 22.9 Å². The topological polar surface area (TPSA) is 41.9 Å². The summed E-state index contributed by atoms with van der Waals surface area (Å²) in [7, 11) is 0. The van der Waals surface area contributed by atoms with Gasteiger partial charge < -0.3 is 4.90 Å². The van der Waals surface area contributed by atoms with Crippen molar-refractivity contribution < 1.29 is 0 Å². The molecule has 1 aliphatic rings. The maximum Gasteiger partial charge on any atom is 0.142 e. The monoisotopic (exact) mass is 316 g/mol. The lowest BCUT2D eigenvalue weighted by Crippen LogP contribution is -2.23. The van der Waals surface area contributed by atoms with Crippen molar-refractivity contribution in [2.75, 3.05) is 11.4 Å². The molecule has 6 heteroatoms. The third kappa shape index (κ3) is 2.17. The van der Waals surface area contributed by atoms with Crippen LogP contribution in [0.2, 0.25) is 5.02 Å². The fourth-order valence-electron chi connectivity index (χ4n) is 2.98. The van der Waals surface area contributed by atoms with Crippen LogP contribution in [0, 0.1) is 0 Å². The molecule has 0 saturated carbocycles. The third-order valence-electron chi connectivity index (χ3n) is 3.90. The van der Waals surface area contributed by atoms with E-state index in [9.17, 15) is 0 Å². The number of pyridine rings is 1. The van der Waals surface area contributed by atoms with Gasteiger partial charge in [0.2, 0.25) is 0 Å². The standard InChI is InChI=1S/C15H13ClN4S/c16-11-8-21-15-13(11)14(18-9-19-15)20-6-2-4-12(20)10-3-1-5-17-7-10/h1,3,5,7-9,12H,2,4,6H2. The van der Waals surface area contributed by atoms with Crippen LogP contribution < -0.4 is 4.90 Å². The van der Waals surface area contributed by atoms with Gasteiger partial charge in [-0.05, 0) is 24.5 Å². The van der Waals surface area contributed by atoms with Crippen molar-refractivity contribution in [1.29, 1.82) is 0 Å². The van der Waals surface area contributed by atoms with Gasteiger partial charge in [-0.15, -0.1) is 11.3 Å². The number of anilines is 1. The second kappa shape index (κ2) is 5.24. The van der Waals surface area contributed by atoms with Gasteiger partial charge in [-0.3, -0.25) is 4.98 Å². The van der Waals surface area contributed by atoms with Gasteiger partial charge in [-0.2, -0.15) is 0 Å². The Balaban J connectivity index is 1.82. The fraction of sp³-hybridized carbons (Fsp3) is 0.267. The first-order chi connectivity index (χ1) is 10.3. The summed E-state index contributed by atoms with van der Waals surface area (Å²) >= 11 is 7.90. The maximum atomic E-state index is 6.34. The molecule has 4 rings (SSSR count). The predicted octanol–water partition coefficient (Wildman–Crippen LogP) is 4.08. The summed E-state index contributed by atoms with van der Waals surface area (Å²) in [6.07, 6.45) is 7.63. The van der Waals surface area contributed by atoms with E-state index in [4.69, 9.17) is 11.6 Å². The highest BCUT2D eigenvalue weighted by molar-refractivity contribution is 7.17. The van der Waals surface area contributed by atoms with Crippen LogP contribution in [0.4, 0.5) is 5.82 Å². The van der Waals surface area contributed by atoms with Crippen LogP contribution in [-0.4, -0.2) is 21.5 Å². The molecule has 1 aliphatic heterocycles. The molecule has 1 fully saturated rings. The number of rotatable bonds is 2. The van der Waals surface area contributed by atoms with E-state index in [0.717, 1.165) is 40.4 Å². The Morgan fingerprint density at radius 2 is 2.29 bits per heavy atom. The van der Waals surface area contributed by atoms with Crippen molar-refractivity contribution >= 4 is 39.0 Å². The molecule has 1 atom stereocenters. The second-order valence-electron chi connectivity index (χ2n) is 5.10. The lowest BCUT2D eigenvalue weighted by atomic mass is 10.1. The molecule has 0 amide bonds. The van der Waals surface area contributed by atoms with Crippen molar-refractivity contribution in [3.63, 3.8) is 0 Å². The quantitative estimate of drug-likeness (QED) is 0.714. The van der Waals surface area contributed by atoms with Crippen LogP contribution in [0.1, 0.15) is 24.4 Å². The van der Waals surface area contributed by atoms with Gasteiger partial charge in [-0.1, -0.05) is 17.7 Å². The predicted molar refractivity (Wildman–Crippen MR) is 86.0 cm³/mol. The zero-order chi connectivity index (χ0) is 14.2. The maximum absolute atomic E-state index is 6.34. The molecular weight excluding hydrogens is 304 g/mol. The average molecular weight is 317 g/mol. The summed E-state index contributed by atoms with van der Waals surface area (Å²) in [6.45, 7) is 0.984. The van der Waals surface area contributed by atoms with Crippen molar-refractivity contribution in [2.24, 2.45) is 0 Å². The summed E-state index contributed by atoms with van der Waals surface area (Å²) in [5.74, 6) is 0.942. The average Bonchev–Trinajstić information content (AvgIpc) is 3.15. The Labute approximate surface area is 131 Å². The van der Waals surface area contributed by atoms with E-state index in [1.807, 2.05) is 17.6 Å². The zero-order valence-corrected chi connectivity index (χ0v) is 12.8. The number of hydrogen-bond acceptors (Lipinski definition) is 5. The minimum Gasteiger partial charge on any atom is -0.349 e. The summed E-state index contributed by atoms with van der Waals surface area (Å²) in [5.41, 5.74) is 1.23. The van der Waals surface area contributed by atoms with Gasteiger partial charge in [0.15, 0.2) is 0 Å². The molecule has 4 heterocycles. The van der Waals surface area contributed by atoms with Crippen molar-refractivity contribution in [3.05, 3.63) is 46.8 Å². The molecule has 1 saturated heterocycles. The minimum absolute atomic E-state index is 0.313. The fourth-order valence-corrected chi connectivity index (χ4v) is 4.11. The number of thiophene rings is 1. The molecule has 3 aromatic heterocycles. The van der Waals surface area contributed by atoms with E-state index in [0.29, 0.717) is 6.04 Å². The highest BCUT2D eigenvalue weighted by Crippen LogP contribution is 2.41. The summed E-state index contributed by atoms with van der Waals surface area (Å²) < 4.78 is 0. The Bertz CT molecular complexity index is 774.